The smallest absolute Gasteiger partial charge is 0.161 e. The molecule has 4 atom stereocenters. The molecule has 2 aliphatic carbocycles. The summed E-state index contributed by atoms with van der Waals surface area (Å²) in [4.78, 5) is 15.0. The molecule has 4 heteroatoms. The maximum absolute atomic E-state index is 12.6. The SMILES string of the molecule is COc1ccc2c(c1O)[C@]13CCN(C)[C@H](C2)[C@@H]1CCC(=O)C3C. The van der Waals surface area contributed by atoms with Crippen molar-refractivity contribution in [2.45, 2.75) is 44.1 Å². The summed E-state index contributed by atoms with van der Waals surface area (Å²) in [7, 11) is 3.79. The van der Waals surface area contributed by atoms with Gasteiger partial charge in [-0.25, -0.2) is 0 Å². The second-order valence-electron chi connectivity index (χ2n) is 7.53. The minimum absolute atomic E-state index is 0.0329. The van der Waals surface area contributed by atoms with Crippen LogP contribution in [0, 0.1) is 11.8 Å². The standard InChI is InChI=1S/C19H25NO3/c1-11-15(21)6-5-13-14-10-12-4-7-16(23-3)18(22)17(12)19(11,13)8-9-20(14)2/h4,7,11,13-14,22H,5-6,8-10H2,1-3H3/t11?,13-,14+,19-/m0/s1. The van der Waals surface area contributed by atoms with Crippen LogP contribution in [0.5, 0.6) is 11.5 Å². The number of hydrogen-bond donors (Lipinski definition) is 1. The maximum Gasteiger partial charge on any atom is 0.161 e. The number of fused-ring (bicyclic) bond motifs is 1. The number of benzene rings is 1. The molecule has 4 nitrogen and oxygen atoms in total. The first-order valence-electron chi connectivity index (χ1n) is 8.63. The van der Waals surface area contributed by atoms with Crippen molar-refractivity contribution in [3.63, 3.8) is 0 Å². The first-order chi connectivity index (χ1) is 11.0. The molecule has 1 saturated heterocycles. The van der Waals surface area contributed by atoms with Crippen molar-refractivity contribution in [2.24, 2.45) is 11.8 Å². The van der Waals surface area contributed by atoms with Crippen molar-refractivity contribution in [2.75, 3.05) is 20.7 Å². The molecule has 1 heterocycles. The Labute approximate surface area is 137 Å². The highest BCUT2D eigenvalue weighted by Crippen LogP contribution is 2.60. The zero-order valence-electron chi connectivity index (χ0n) is 14.1. The van der Waals surface area contributed by atoms with E-state index in [1.807, 2.05) is 6.07 Å². The number of nitrogens with zero attached hydrogens (tertiary/aromatic N) is 1. The Balaban J connectivity index is 1.99. The number of piperidine rings is 1. The van der Waals surface area contributed by atoms with Gasteiger partial charge in [0.05, 0.1) is 7.11 Å². The Morgan fingerprint density at radius 1 is 1.39 bits per heavy atom. The summed E-state index contributed by atoms with van der Waals surface area (Å²) in [5, 5.41) is 10.9. The zero-order chi connectivity index (χ0) is 16.4. The Kier molecular flexibility index (Phi) is 3.24. The van der Waals surface area contributed by atoms with Crippen LogP contribution in [0.2, 0.25) is 0 Å². The molecule has 1 N–H and O–H groups in total. The second kappa shape index (κ2) is 4.97. The van der Waals surface area contributed by atoms with E-state index in [1.165, 1.54) is 5.56 Å². The van der Waals surface area contributed by atoms with Gasteiger partial charge in [-0.2, -0.15) is 0 Å². The fourth-order valence-corrected chi connectivity index (χ4v) is 5.67. The molecule has 3 aliphatic rings. The van der Waals surface area contributed by atoms with Gasteiger partial charge in [0, 0.05) is 29.4 Å². The maximum atomic E-state index is 12.6. The van der Waals surface area contributed by atoms with E-state index in [9.17, 15) is 9.90 Å². The summed E-state index contributed by atoms with van der Waals surface area (Å²) in [6.45, 7) is 3.06. The van der Waals surface area contributed by atoms with Gasteiger partial charge in [-0.1, -0.05) is 13.0 Å². The zero-order valence-corrected chi connectivity index (χ0v) is 14.1. The topological polar surface area (TPSA) is 49.8 Å². The Morgan fingerprint density at radius 3 is 2.91 bits per heavy atom. The molecule has 2 fully saturated rings. The molecular weight excluding hydrogens is 290 g/mol. The number of carbonyl (C=O) groups excluding carboxylic acids is 1. The minimum Gasteiger partial charge on any atom is -0.504 e. The van der Waals surface area contributed by atoms with E-state index in [4.69, 9.17) is 4.74 Å². The fraction of sp³-hybridized carbons (Fsp3) is 0.632. The first kappa shape index (κ1) is 15.0. The predicted octanol–water partition coefficient (Wildman–Crippen LogP) is 2.51. The molecule has 1 saturated carbocycles. The van der Waals surface area contributed by atoms with Gasteiger partial charge in [-0.3, -0.25) is 4.79 Å². The number of phenolic OH excluding ortho intramolecular Hbond substituents is 1. The number of likely N-dealkylation sites (tertiary alicyclic amines) is 1. The average Bonchev–Trinajstić information content (AvgIpc) is 2.54. The van der Waals surface area contributed by atoms with E-state index in [-0.39, 0.29) is 17.1 Å². The van der Waals surface area contributed by atoms with Gasteiger partial charge in [-0.15, -0.1) is 0 Å². The van der Waals surface area contributed by atoms with Crippen LogP contribution >= 0.6 is 0 Å². The van der Waals surface area contributed by atoms with Gasteiger partial charge >= 0.3 is 0 Å². The lowest BCUT2D eigenvalue weighted by Crippen LogP contribution is -2.63. The van der Waals surface area contributed by atoms with Crippen molar-refractivity contribution in [3.05, 3.63) is 23.3 Å². The van der Waals surface area contributed by atoms with Crippen LogP contribution in [-0.2, 0) is 16.6 Å². The highest BCUT2D eigenvalue weighted by atomic mass is 16.5. The van der Waals surface area contributed by atoms with Crippen molar-refractivity contribution >= 4 is 5.78 Å². The number of Topliss-reactive ketones (excluding diaryl/α,β-unsaturated/α-hetero) is 1. The third-order valence-corrected chi connectivity index (χ3v) is 6.87. The molecule has 1 aromatic carbocycles. The van der Waals surface area contributed by atoms with E-state index in [0.717, 1.165) is 31.4 Å². The van der Waals surface area contributed by atoms with Gasteiger partial charge in [-0.05, 0) is 50.4 Å². The lowest BCUT2D eigenvalue weighted by Gasteiger charge is -2.60. The molecule has 1 aromatic rings. The van der Waals surface area contributed by atoms with Gasteiger partial charge in [0.15, 0.2) is 11.5 Å². The Hall–Kier alpha value is -1.55. The molecule has 2 bridgehead atoms. The monoisotopic (exact) mass is 315 g/mol. The largest absolute Gasteiger partial charge is 0.504 e. The molecule has 1 aliphatic heterocycles. The lowest BCUT2D eigenvalue weighted by molar-refractivity contribution is -0.134. The number of aromatic hydroxyl groups is 1. The third-order valence-electron chi connectivity index (χ3n) is 6.87. The van der Waals surface area contributed by atoms with Gasteiger partial charge in [0.2, 0.25) is 0 Å². The average molecular weight is 315 g/mol. The summed E-state index contributed by atoms with van der Waals surface area (Å²) in [5.41, 5.74) is 1.98. The van der Waals surface area contributed by atoms with Crippen LogP contribution in [0.3, 0.4) is 0 Å². The van der Waals surface area contributed by atoms with Crippen LogP contribution in [0.25, 0.3) is 0 Å². The molecule has 23 heavy (non-hydrogen) atoms. The van der Waals surface area contributed by atoms with Crippen molar-refractivity contribution in [1.82, 2.24) is 4.90 Å². The van der Waals surface area contributed by atoms with Gasteiger partial charge < -0.3 is 14.7 Å². The van der Waals surface area contributed by atoms with E-state index >= 15 is 0 Å². The van der Waals surface area contributed by atoms with Crippen LogP contribution < -0.4 is 4.74 Å². The molecule has 0 spiro atoms. The number of rotatable bonds is 1. The van der Waals surface area contributed by atoms with E-state index < -0.39 is 0 Å². The van der Waals surface area contributed by atoms with Crippen molar-refractivity contribution < 1.29 is 14.6 Å². The van der Waals surface area contributed by atoms with Gasteiger partial charge in [0.25, 0.3) is 0 Å². The number of ketones is 1. The van der Waals surface area contributed by atoms with Crippen LogP contribution in [0.15, 0.2) is 12.1 Å². The van der Waals surface area contributed by atoms with Crippen LogP contribution in [0.4, 0.5) is 0 Å². The molecule has 0 radical (unpaired) electrons. The lowest BCUT2D eigenvalue weighted by atomic mass is 9.48. The van der Waals surface area contributed by atoms with E-state index in [2.05, 4.69) is 24.9 Å². The minimum atomic E-state index is -0.223. The summed E-state index contributed by atoms with van der Waals surface area (Å²) in [5.74, 6) is 1.55. The molecule has 1 unspecified atom stereocenters. The predicted molar refractivity (Wildman–Crippen MR) is 88.0 cm³/mol. The summed E-state index contributed by atoms with van der Waals surface area (Å²) >= 11 is 0. The van der Waals surface area contributed by atoms with Crippen molar-refractivity contribution in [1.29, 1.82) is 0 Å². The number of ether oxygens (including phenoxy) is 1. The quantitative estimate of drug-likeness (QED) is 0.865. The molecule has 0 aromatic heterocycles. The Bertz CT molecular complexity index is 671. The normalized spacial score (nSPS) is 36.3. The highest BCUT2D eigenvalue weighted by molar-refractivity contribution is 5.84. The third kappa shape index (κ3) is 1.78. The van der Waals surface area contributed by atoms with Crippen molar-refractivity contribution in [3.8, 4) is 11.5 Å². The summed E-state index contributed by atoms with van der Waals surface area (Å²) < 4.78 is 5.36. The number of hydrogen-bond acceptors (Lipinski definition) is 4. The highest BCUT2D eigenvalue weighted by Gasteiger charge is 2.59. The number of phenols is 1. The number of likely N-dealkylation sites (N-methyl/N-ethyl adjacent to an activating group) is 1. The van der Waals surface area contributed by atoms with E-state index in [0.29, 0.717) is 29.9 Å². The molecule has 124 valence electrons. The Morgan fingerprint density at radius 2 is 2.17 bits per heavy atom. The molecule has 0 amide bonds. The second-order valence-corrected chi connectivity index (χ2v) is 7.53. The summed E-state index contributed by atoms with van der Waals surface area (Å²) in [6, 6.07) is 4.42. The van der Waals surface area contributed by atoms with Crippen LogP contribution in [0.1, 0.15) is 37.3 Å². The van der Waals surface area contributed by atoms with Gasteiger partial charge in [0.1, 0.15) is 5.78 Å². The first-order valence-corrected chi connectivity index (χ1v) is 8.63. The fourth-order valence-electron chi connectivity index (χ4n) is 5.67. The molecule has 4 rings (SSSR count). The number of carbonyl (C=O) groups is 1. The number of methoxy groups -OCH3 is 1. The molecular formula is C19H25NO3. The van der Waals surface area contributed by atoms with Crippen LogP contribution in [-0.4, -0.2) is 42.5 Å². The van der Waals surface area contributed by atoms with E-state index in [1.54, 1.807) is 7.11 Å². The summed E-state index contributed by atoms with van der Waals surface area (Å²) in [6.07, 6.45) is 3.51.